The maximum atomic E-state index is 12.7. The molecule has 6 heteroatoms. The molecule has 124 valence electrons. The van der Waals surface area contributed by atoms with Crippen molar-refractivity contribution in [2.24, 2.45) is 0 Å². The molecule has 1 atom stereocenters. The van der Waals surface area contributed by atoms with Crippen LogP contribution in [0.25, 0.3) is 10.6 Å². The Hall–Kier alpha value is -2.70. The van der Waals surface area contributed by atoms with E-state index in [1.807, 2.05) is 65.4 Å². The molecule has 25 heavy (non-hydrogen) atoms. The zero-order valence-corrected chi connectivity index (χ0v) is 14.7. The van der Waals surface area contributed by atoms with Gasteiger partial charge in [-0.1, -0.05) is 47.6 Å². The first-order valence-corrected chi connectivity index (χ1v) is 9.47. The highest BCUT2D eigenvalue weighted by molar-refractivity contribution is 7.13. The summed E-state index contributed by atoms with van der Waals surface area (Å²) in [6.07, 6.45) is 0. The van der Waals surface area contributed by atoms with Gasteiger partial charge >= 0.3 is 0 Å². The quantitative estimate of drug-likeness (QED) is 0.542. The van der Waals surface area contributed by atoms with Crippen molar-refractivity contribution in [3.63, 3.8) is 0 Å². The molecule has 4 rings (SSSR count). The Balaban J connectivity index is 1.59. The largest absolute Gasteiger partial charge is 0.355 e. The summed E-state index contributed by atoms with van der Waals surface area (Å²) in [6, 6.07) is 19.2. The molecular weight excluding hydrogens is 352 g/mol. The zero-order chi connectivity index (χ0) is 17.1. The van der Waals surface area contributed by atoms with Crippen LogP contribution in [0.4, 0.5) is 0 Å². The topological polar surface area (TPSA) is 55.1 Å². The molecule has 4 aromatic rings. The van der Waals surface area contributed by atoms with Crippen LogP contribution in [0.3, 0.4) is 0 Å². The summed E-state index contributed by atoms with van der Waals surface area (Å²) >= 11 is 3.16. The summed E-state index contributed by atoms with van der Waals surface area (Å²) in [5.41, 5.74) is 1.31. The van der Waals surface area contributed by atoms with Gasteiger partial charge in [-0.2, -0.15) is 0 Å². The summed E-state index contributed by atoms with van der Waals surface area (Å²) in [5, 5.41) is 10.9. The van der Waals surface area contributed by atoms with Gasteiger partial charge in [0.05, 0.1) is 10.9 Å². The molecule has 0 saturated carbocycles. The van der Waals surface area contributed by atoms with Gasteiger partial charge in [0.15, 0.2) is 11.5 Å². The van der Waals surface area contributed by atoms with Gasteiger partial charge in [0, 0.05) is 10.9 Å². The molecule has 0 spiro atoms. The maximum absolute atomic E-state index is 12.7. The summed E-state index contributed by atoms with van der Waals surface area (Å²) in [5.74, 6) is 0.348. The van der Waals surface area contributed by atoms with Gasteiger partial charge in [-0.15, -0.1) is 22.7 Å². The molecular formula is C19H14N2O2S2. The van der Waals surface area contributed by atoms with E-state index in [-0.39, 0.29) is 17.6 Å². The highest BCUT2D eigenvalue weighted by Crippen LogP contribution is 2.28. The fourth-order valence-electron chi connectivity index (χ4n) is 2.54. The number of hydrogen-bond donors (Lipinski definition) is 1. The van der Waals surface area contributed by atoms with Crippen molar-refractivity contribution in [1.29, 1.82) is 0 Å². The molecule has 0 bridgehead atoms. The first kappa shape index (κ1) is 15.8. The average molecular weight is 366 g/mol. The van der Waals surface area contributed by atoms with Crippen molar-refractivity contribution < 1.29 is 9.32 Å². The molecule has 3 aromatic heterocycles. The lowest BCUT2D eigenvalue weighted by Crippen LogP contribution is -2.29. The Morgan fingerprint density at radius 1 is 1.00 bits per heavy atom. The SMILES string of the molecule is O=C(N[C@H](c1ccccc1)c1cccs1)c1cc(-c2cccs2)on1. The van der Waals surface area contributed by atoms with Gasteiger partial charge in [0.25, 0.3) is 5.91 Å². The summed E-state index contributed by atoms with van der Waals surface area (Å²) in [7, 11) is 0. The van der Waals surface area contributed by atoms with Crippen LogP contribution in [0.5, 0.6) is 0 Å². The van der Waals surface area contributed by atoms with Gasteiger partial charge in [-0.3, -0.25) is 4.79 Å². The lowest BCUT2D eigenvalue weighted by Gasteiger charge is -2.17. The van der Waals surface area contributed by atoms with Crippen molar-refractivity contribution >= 4 is 28.6 Å². The minimum absolute atomic E-state index is 0.212. The highest BCUT2D eigenvalue weighted by Gasteiger charge is 2.21. The number of rotatable bonds is 5. The fraction of sp³-hybridized carbons (Fsp3) is 0.0526. The standard InChI is InChI=1S/C19H14N2O2S2/c22-19(14-12-15(23-21-14)16-8-4-10-24-16)20-18(17-9-5-11-25-17)13-6-2-1-3-7-13/h1-12,18H,(H,20,22)/t18-/m1/s1. The molecule has 4 nitrogen and oxygen atoms in total. The number of nitrogens with one attached hydrogen (secondary N) is 1. The number of benzene rings is 1. The van der Waals surface area contributed by atoms with E-state index in [2.05, 4.69) is 10.5 Å². The first-order valence-electron chi connectivity index (χ1n) is 7.71. The lowest BCUT2D eigenvalue weighted by atomic mass is 10.1. The second-order valence-corrected chi connectivity index (χ2v) is 7.31. The van der Waals surface area contributed by atoms with E-state index in [1.165, 1.54) is 0 Å². The molecule has 1 amide bonds. The van der Waals surface area contributed by atoms with E-state index in [9.17, 15) is 4.79 Å². The number of carbonyl (C=O) groups is 1. The number of aromatic nitrogens is 1. The van der Waals surface area contributed by atoms with E-state index in [4.69, 9.17) is 4.52 Å². The predicted octanol–water partition coefficient (Wildman–Crippen LogP) is 4.98. The third-order valence-electron chi connectivity index (χ3n) is 3.74. The molecule has 0 aliphatic heterocycles. The van der Waals surface area contributed by atoms with Crippen LogP contribution in [0.15, 0.2) is 75.9 Å². The van der Waals surface area contributed by atoms with Gasteiger partial charge in [0.2, 0.25) is 0 Å². The van der Waals surface area contributed by atoms with Crippen molar-refractivity contribution in [3.8, 4) is 10.6 Å². The van der Waals surface area contributed by atoms with Crippen LogP contribution in [0.1, 0.15) is 27.0 Å². The van der Waals surface area contributed by atoms with Gasteiger partial charge in [-0.05, 0) is 28.5 Å². The van der Waals surface area contributed by atoms with E-state index in [1.54, 1.807) is 28.7 Å². The Morgan fingerprint density at radius 3 is 2.52 bits per heavy atom. The van der Waals surface area contributed by atoms with Crippen LogP contribution >= 0.6 is 22.7 Å². The van der Waals surface area contributed by atoms with E-state index < -0.39 is 0 Å². The molecule has 0 unspecified atom stereocenters. The van der Waals surface area contributed by atoms with Gasteiger partial charge in [0.1, 0.15) is 0 Å². The van der Waals surface area contributed by atoms with E-state index >= 15 is 0 Å². The second kappa shape index (κ2) is 7.04. The van der Waals surface area contributed by atoms with Gasteiger partial charge < -0.3 is 9.84 Å². The Morgan fingerprint density at radius 2 is 1.80 bits per heavy atom. The van der Waals surface area contributed by atoms with Crippen LogP contribution in [0.2, 0.25) is 0 Å². The zero-order valence-electron chi connectivity index (χ0n) is 13.1. The molecule has 3 heterocycles. The van der Waals surface area contributed by atoms with E-state index in [0.717, 1.165) is 15.3 Å². The third kappa shape index (κ3) is 3.40. The molecule has 1 aromatic carbocycles. The number of hydrogen-bond acceptors (Lipinski definition) is 5. The van der Waals surface area contributed by atoms with Crippen molar-refractivity contribution in [3.05, 3.63) is 87.6 Å². The number of amides is 1. The Labute approximate surface area is 152 Å². The Kier molecular flexibility index (Phi) is 4.45. The number of thiophene rings is 2. The van der Waals surface area contributed by atoms with Gasteiger partial charge in [-0.25, -0.2) is 0 Å². The smallest absolute Gasteiger partial charge is 0.274 e. The van der Waals surface area contributed by atoms with Crippen molar-refractivity contribution in [2.45, 2.75) is 6.04 Å². The second-order valence-electron chi connectivity index (χ2n) is 5.39. The lowest BCUT2D eigenvalue weighted by molar-refractivity contribution is 0.0934. The fourth-order valence-corrected chi connectivity index (χ4v) is 4.02. The number of nitrogens with zero attached hydrogens (tertiary/aromatic N) is 1. The van der Waals surface area contributed by atoms with E-state index in [0.29, 0.717) is 5.76 Å². The highest BCUT2D eigenvalue weighted by atomic mass is 32.1. The average Bonchev–Trinajstić information content (AvgIpc) is 3.42. The molecule has 0 aliphatic carbocycles. The molecule has 0 fully saturated rings. The molecule has 0 aliphatic rings. The van der Waals surface area contributed by atoms with Crippen LogP contribution in [-0.4, -0.2) is 11.1 Å². The minimum Gasteiger partial charge on any atom is -0.355 e. The summed E-state index contributed by atoms with van der Waals surface area (Å²) < 4.78 is 5.31. The summed E-state index contributed by atoms with van der Waals surface area (Å²) in [6.45, 7) is 0. The summed E-state index contributed by atoms with van der Waals surface area (Å²) in [4.78, 5) is 14.7. The number of carbonyl (C=O) groups excluding carboxylic acids is 1. The van der Waals surface area contributed by atoms with Crippen molar-refractivity contribution in [2.75, 3.05) is 0 Å². The minimum atomic E-state index is -0.256. The monoisotopic (exact) mass is 366 g/mol. The third-order valence-corrected chi connectivity index (χ3v) is 5.56. The molecule has 0 radical (unpaired) electrons. The Bertz CT molecular complexity index is 945. The van der Waals surface area contributed by atoms with Crippen molar-refractivity contribution in [1.82, 2.24) is 10.5 Å². The maximum Gasteiger partial charge on any atom is 0.274 e. The molecule has 1 N–H and O–H groups in total. The van der Waals surface area contributed by atoms with Crippen LogP contribution < -0.4 is 5.32 Å². The predicted molar refractivity (Wildman–Crippen MR) is 99.9 cm³/mol. The first-order chi connectivity index (χ1) is 12.3. The van der Waals surface area contributed by atoms with Crippen LogP contribution in [0, 0.1) is 0 Å². The van der Waals surface area contributed by atoms with Crippen LogP contribution in [-0.2, 0) is 0 Å². The molecule has 0 saturated heterocycles. The normalized spacial score (nSPS) is 12.0.